The minimum Gasteiger partial charge on any atom is -0.325 e. The van der Waals surface area contributed by atoms with Crippen LogP contribution in [0.2, 0.25) is 0 Å². The Kier molecular flexibility index (Phi) is 3.40. The van der Waals surface area contributed by atoms with Gasteiger partial charge in [-0.05, 0) is 44.2 Å². The zero-order valence-corrected chi connectivity index (χ0v) is 9.32. The maximum Gasteiger partial charge on any atom is 0.0138 e. The minimum absolute atomic E-state index is 0.110. The van der Waals surface area contributed by atoms with Gasteiger partial charge in [-0.1, -0.05) is 12.1 Å². The van der Waals surface area contributed by atoms with Crippen molar-refractivity contribution in [2.45, 2.75) is 30.7 Å². The van der Waals surface area contributed by atoms with Crippen LogP contribution in [-0.4, -0.2) is 11.8 Å². The van der Waals surface area contributed by atoms with Gasteiger partial charge < -0.3 is 5.73 Å². The van der Waals surface area contributed by atoms with Crippen LogP contribution in [0.15, 0.2) is 29.2 Å². The summed E-state index contributed by atoms with van der Waals surface area (Å²) in [6.07, 6.45) is 3.02. The molecule has 0 aliphatic carbocycles. The van der Waals surface area contributed by atoms with Crippen molar-refractivity contribution in [3.05, 3.63) is 29.8 Å². The lowest BCUT2D eigenvalue weighted by atomic mass is 9.96. The maximum atomic E-state index is 5.93. The van der Waals surface area contributed by atoms with Crippen molar-refractivity contribution in [2.24, 2.45) is 5.73 Å². The molecule has 0 aliphatic heterocycles. The zero-order valence-electron chi connectivity index (χ0n) is 8.50. The molecule has 0 heterocycles. The third-order valence-corrected chi connectivity index (χ3v) is 2.56. The normalized spacial score (nSPS) is 11.7. The first-order chi connectivity index (χ1) is 6.01. The van der Waals surface area contributed by atoms with Crippen LogP contribution in [0.5, 0.6) is 0 Å². The molecule has 0 aliphatic rings. The summed E-state index contributed by atoms with van der Waals surface area (Å²) in [4.78, 5) is 1.30. The van der Waals surface area contributed by atoms with Gasteiger partial charge in [0.05, 0.1) is 0 Å². The van der Waals surface area contributed by atoms with E-state index in [1.807, 2.05) is 0 Å². The van der Waals surface area contributed by atoms with Crippen LogP contribution in [0.1, 0.15) is 19.4 Å². The van der Waals surface area contributed by atoms with E-state index >= 15 is 0 Å². The molecule has 0 unspecified atom stereocenters. The lowest BCUT2D eigenvalue weighted by Crippen LogP contribution is -2.34. The summed E-state index contributed by atoms with van der Waals surface area (Å²) in [6, 6.07) is 8.60. The molecule has 0 radical (unpaired) electrons. The van der Waals surface area contributed by atoms with Gasteiger partial charge in [-0.25, -0.2) is 0 Å². The second kappa shape index (κ2) is 4.16. The Morgan fingerprint density at radius 2 is 1.77 bits per heavy atom. The molecule has 1 nitrogen and oxygen atoms in total. The molecular weight excluding hydrogens is 178 g/mol. The smallest absolute Gasteiger partial charge is 0.0138 e. The average Bonchev–Trinajstić information content (AvgIpc) is 2.03. The third kappa shape index (κ3) is 3.83. The number of benzene rings is 1. The van der Waals surface area contributed by atoms with Crippen molar-refractivity contribution >= 4 is 11.8 Å². The third-order valence-electron chi connectivity index (χ3n) is 1.82. The van der Waals surface area contributed by atoms with Crippen LogP contribution in [0.4, 0.5) is 0 Å². The van der Waals surface area contributed by atoms with E-state index in [0.717, 1.165) is 6.42 Å². The largest absolute Gasteiger partial charge is 0.325 e. The van der Waals surface area contributed by atoms with E-state index in [2.05, 4.69) is 44.4 Å². The highest BCUT2D eigenvalue weighted by atomic mass is 32.2. The maximum absolute atomic E-state index is 5.93. The molecule has 1 rings (SSSR count). The summed E-state index contributed by atoms with van der Waals surface area (Å²) in [5, 5.41) is 0. The molecule has 13 heavy (non-hydrogen) atoms. The van der Waals surface area contributed by atoms with Gasteiger partial charge in [0.25, 0.3) is 0 Å². The minimum atomic E-state index is -0.110. The summed E-state index contributed by atoms with van der Waals surface area (Å²) < 4.78 is 0. The Balaban J connectivity index is 2.70. The van der Waals surface area contributed by atoms with Crippen LogP contribution < -0.4 is 5.73 Å². The van der Waals surface area contributed by atoms with E-state index in [4.69, 9.17) is 5.73 Å². The van der Waals surface area contributed by atoms with Gasteiger partial charge in [0.1, 0.15) is 0 Å². The molecule has 2 N–H and O–H groups in total. The average molecular weight is 195 g/mol. The summed E-state index contributed by atoms with van der Waals surface area (Å²) in [6.45, 7) is 4.10. The molecular formula is C11H17NS. The van der Waals surface area contributed by atoms with Crippen LogP contribution in [0, 0.1) is 0 Å². The van der Waals surface area contributed by atoms with Crippen molar-refractivity contribution in [2.75, 3.05) is 6.26 Å². The summed E-state index contributed by atoms with van der Waals surface area (Å²) in [5.41, 5.74) is 7.13. The Bertz CT molecular complexity index is 258. The Morgan fingerprint density at radius 1 is 1.23 bits per heavy atom. The van der Waals surface area contributed by atoms with Crippen LogP contribution in [-0.2, 0) is 6.42 Å². The summed E-state index contributed by atoms with van der Waals surface area (Å²) in [7, 11) is 0. The van der Waals surface area contributed by atoms with Crippen molar-refractivity contribution < 1.29 is 0 Å². The standard InChI is InChI=1S/C11H17NS/c1-11(2,12)8-9-4-6-10(13-3)7-5-9/h4-7H,8,12H2,1-3H3. The molecule has 1 aromatic rings. The molecule has 0 saturated heterocycles. The van der Waals surface area contributed by atoms with E-state index in [1.54, 1.807) is 11.8 Å². The molecule has 0 aromatic heterocycles. The first kappa shape index (κ1) is 10.6. The SMILES string of the molecule is CSc1ccc(CC(C)(C)N)cc1. The van der Waals surface area contributed by atoms with Gasteiger partial charge in [0.2, 0.25) is 0 Å². The quantitative estimate of drug-likeness (QED) is 0.750. The molecule has 72 valence electrons. The molecule has 2 heteroatoms. The van der Waals surface area contributed by atoms with E-state index in [1.165, 1.54) is 10.5 Å². The van der Waals surface area contributed by atoms with E-state index in [-0.39, 0.29) is 5.54 Å². The fourth-order valence-corrected chi connectivity index (χ4v) is 1.68. The molecule has 0 spiro atoms. The number of rotatable bonds is 3. The van der Waals surface area contributed by atoms with E-state index in [9.17, 15) is 0 Å². The molecule has 0 saturated carbocycles. The van der Waals surface area contributed by atoms with Gasteiger partial charge in [-0.2, -0.15) is 0 Å². The first-order valence-electron chi connectivity index (χ1n) is 4.43. The highest BCUT2D eigenvalue weighted by Crippen LogP contribution is 2.17. The summed E-state index contributed by atoms with van der Waals surface area (Å²) in [5.74, 6) is 0. The fourth-order valence-electron chi connectivity index (χ4n) is 1.27. The highest BCUT2D eigenvalue weighted by Gasteiger charge is 2.10. The number of hydrogen-bond donors (Lipinski definition) is 1. The van der Waals surface area contributed by atoms with Crippen LogP contribution >= 0.6 is 11.8 Å². The van der Waals surface area contributed by atoms with Gasteiger partial charge in [0, 0.05) is 10.4 Å². The van der Waals surface area contributed by atoms with E-state index < -0.39 is 0 Å². The Hall–Kier alpha value is -0.470. The summed E-state index contributed by atoms with van der Waals surface area (Å²) >= 11 is 1.76. The predicted octanol–water partition coefficient (Wildman–Crippen LogP) is 2.69. The van der Waals surface area contributed by atoms with Crippen molar-refractivity contribution in [3.63, 3.8) is 0 Å². The second-order valence-corrected chi connectivity index (χ2v) is 4.89. The fraction of sp³-hybridized carbons (Fsp3) is 0.455. The molecule has 0 bridgehead atoms. The molecule has 0 atom stereocenters. The lowest BCUT2D eigenvalue weighted by Gasteiger charge is -2.18. The van der Waals surface area contributed by atoms with Crippen molar-refractivity contribution in [3.8, 4) is 0 Å². The number of hydrogen-bond acceptors (Lipinski definition) is 2. The monoisotopic (exact) mass is 195 g/mol. The first-order valence-corrected chi connectivity index (χ1v) is 5.65. The highest BCUT2D eigenvalue weighted by molar-refractivity contribution is 7.98. The second-order valence-electron chi connectivity index (χ2n) is 4.01. The van der Waals surface area contributed by atoms with Gasteiger partial charge in [-0.3, -0.25) is 0 Å². The predicted molar refractivity (Wildman–Crippen MR) is 60.2 cm³/mol. The van der Waals surface area contributed by atoms with Gasteiger partial charge >= 0.3 is 0 Å². The number of nitrogens with two attached hydrogens (primary N) is 1. The lowest BCUT2D eigenvalue weighted by molar-refractivity contribution is 0.516. The zero-order chi connectivity index (χ0) is 9.90. The Labute approximate surface area is 84.7 Å². The van der Waals surface area contributed by atoms with Crippen LogP contribution in [0.25, 0.3) is 0 Å². The molecule has 0 fully saturated rings. The number of thioether (sulfide) groups is 1. The molecule has 1 aromatic carbocycles. The van der Waals surface area contributed by atoms with Gasteiger partial charge in [0.15, 0.2) is 0 Å². The Morgan fingerprint density at radius 3 is 2.15 bits per heavy atom. The van der Waals surface area contributed by atoms with Gasteiger partial charge in [-0.15, -0.1) is 11.8 Å². The topological polar surface area (TPSA) is 26.0 Å². The van der Waals surface area contributed by atoms with E-state index in [0.29, 0.717) is 0 Å². The molecule has 0 amide bonds. The van der Waals surface area contributed by atoms with Crippen molar-refractivity contribution in [1.29, 1.82) is 0 Å². The van der Waals surface area contributed by atoms with Crippen LogP contribution in [0.3, 0.4) is 0 Å². The van der Waals surface area contributed by atoms with Crippen molar-refractivity contribution in [1.82, 2.24) is 0 Å².